The molecular formula is C17H29NO3. The van der Waals surface area contributed by atoms with Crippen molar-refractivity contribution in [1.29, 1.82) is 0 Å². The van der Waals surface area contributed by atoms with Gasteiger partial charge >= 0.3 is 0 Å². The van der Waals surface area contributed by atoms with E-state index in [1.165, 1.54) is 5.56 Å². The van der Waals surface area contributed by atoms with Crippen molar-refractivity contribution in [2.75, 3.05) is 0 Å². The Kier molecular flexibility index (Phi) is 5.12. The van der Waals surface area contributed by atoms with Gasteiger partial charge in [0.25, 0.3) is 0 Å². The number of hydrogen-bond acceptors (Lipinski definition) is 4. The van der Waals surface area contributed by atoms with E-state index in [0.29, 0.717) is 18.9 Å². The molecule has 1 unspecified atom stereocenters. The van der Waals surface area contributed by atoms with Gasteiger partial charge in [-0.25, -0.2) is 0 Å². The van der Waals surface area contributed by atoms with Gasteiger partial charge in [-0.05, 0) is 38.7 Å². The van der Waals surface area contributed by atoms with Crippen LogP contribution < -0.4 is 5.32 Å². The normalized spacial score (nSPS) is 27.6. The largest absolute Gasteiger partial charge is 0.465 e. The Labute approximate surface area is 127 Å². The second kappa shape index (κ2) is 6.51. The lowest BCUT2D eigenvalue weighted by molar-refractivity contribution is 0.0157. The van der Waals surface area contributed by atoms with Gasteiger partial charge in [-0.1, -0.05) is 20.8 Å². The highest BCUT2D eigenvalue weighted by molar-refractivity contribution is 5.24. The summed E-state index contributed by atoms with van der Waals surface area (Å²) in [7, 11) is 0. The molecule has 4 heteroatoms. The van der Waals surface area contributed by atoms with Crippen molar-refractivity contribution < 1.29 is 14.6 Å². The van der Waals surface area contributed by atoms with Gasteiger partial charge in [-0.3, -0.25) is 0 Å². The molecule has 0 spiro atoms. The zero-order chi connectivity index (χ0) is 15.6. The first-order valence-electron chi connectivity index (χ1n) is 7.96. The van der Waals surface area contributed by atoms with Gasteiger partial charge in [-0.2, -0.15) is 0 Å². The number of rotatable bonds is 3. The third kappa shape index (κ3) is 4.31. The van der Waals surface area contributed by atoms with Crippen LogP contribution >= 0.6 is 0 Å². The Morgan fingerprint density at radius 3 is 2.19 bits per heavy atom. The molecule has 120 valence electrons. The van der Waals surface area contributed by atoms with Crippen LogP contribution in [0.4, 0.5) is 0 Å². The molecular weight excluding hydrogens is 266 g/mol. The smallest absolute Gasteiger partial charge is 0.109 e. The monoisotopic (exact) mass is 295 g/mol. The molecule has 3 N–H and O–H groups in total. The van der Waals surface area contributed by atoms with Gasteiger partial charge in [0, 0.05) is 23.6 Å². The first-order chi connectivity index (χ1) is 9.77. The maximum atomic E-state index is 9.70. The first kappa shape index (κ1) is 16.5. The number of furan rings is 1. The highest BCUT2D eigenvalue weighted by Crippen LogP contribution is 2.27. The molecule has 1 fully saturated rings. The molecule has 1 aliphatic rings. The van der Waals surface area contributed by atoms with Crippen LogP contribution in [0, 0.1) is 6.92 Å². The van der Waals surface area contributed by atoms with Gasteiger partial charge in [-0.15, -0.1) is 0 Å². The van der Waals surface area contributed by atoms with Crippen LogP contribution in [0.1, 0.15) is 63.5 Å². The molecule has 0 aromatic carbocycles. The topological polar surface area (TPSA) is 65.6 Å². The van der Waals surface area contributed by atoms with Gasteiger partial charge < -0.3 is 19.9 Å². The average molecular weight is 295 g/mol. The van der Waals surface area contributed by atoms with Crippen molar-refractivity contribution in [3.63, 3.8) is 0 Å². The second-order valence-corrected chi connectivity index (χ2v) is 7.31. The maximum Gasteiger partial charge on any atom is 0.109 e. The van der Waals surface area contributed by atoms with Crippen LogP contribution in [0.15, 0.2) is 10.5 Å². The molecule has 1 aromatic heterocycles. The zero-order valence-electron chi connectivity index (χ0n) is 13.6. The SMILES string of the molecule is Cc1oc(C(C)(C)C)cc1CNC1CC[C@@H](O)[C@@H](O)CC1. The van der Waals surface area contributed by atoms with E-state index in [0.717, 1.165) is 30.9 Å². The molecule has 0 radical (unpaired) electrons. The summed E-state index contributed by atoms with van der Waals surface area (Å²) in [5, 5.41) is 23.0. The number of hydrogen-bond donors (Lipinski definition) is 3. The van der Waals surface area contributed by atoms with E-state index in [1.54, 1.807) is 0 Å². The predicted molar refractivity (Wildman–Crippen MR) is 83.3 cm³/mol. The molecule has 1 saturated carbocycles. The molecule has 4 nitrogen and oxygen atoms in total. The minimum Gasteiger partial charge on any atom is -0.465 e. The van der Waals surface area contributed by atoms with E-state index < -0.39 is 12.2 Å². The molecule has 0 aliphatic heterocycles. The number of aliphatic hydroxyl groups is 2. The summed E-state index contributed by atoms with van der Waals surface area (Å²) in [6.45, 7) is 9.23. The zero-order valence-corrected chi connectivity index (χ0v) is 13.6. The van der Waals surface area contributed by atoms with E-state index in [1.807, 2.05) is 6.92 Å². The fraction of sp³-hybridized carbons (Fsp3) is 0.765. The first-order valence-corrected chi connectivity index (χ1v) is 7.96. The van der Waals surface area contributed by atoms with Crippen LogP contribution in [0.2, 0.25) is 0 Å². The molecule has 0 amide bonds. The lowest BCUT2D eigenvalue weighted by Gasteiger charge is -2.15. The Morgan fingerprint density at radius 1 is 1.14 bits per heavy atom. The van der Waals surface area contributed by atoms with Crippen molar-refractivity contribution >= 4 is 0 Å². The standard InChI is InChI=1S/C17H29NO3/c1-11-12(9-16(21-11)17(2,3)4)10-18-13-5-7-14(19)15(20)8-6-13/h9,13-15,18-20H,5-8,10H2,1-4H3/t13?,14-,15+. The Hall–Kier alpha value is -0.840. The molecule has 0 bridgehead atoms. The fourth-order valence-corrected chi connectivity index (χ4v) is 2.80. The summed E-state index contributed by atoms with van der Waals surface area (Å²) in [5.41, 5.74) is 1.23. The van der Waals surface area contributed by atoms with Crippen molar-refractivity contribution in [2.24, 2.45) is 0 Å². The van der Waals surface area contributed by atoms with Crippen LogP contribution in [-0.2, 0) is 12.0 Å². The number of aliphatic hydroxyl groups excluding tert-OH is 2. The average Bonchev–Trinajstić information content (AvgIpc) is 2.70. The molecule has 1 aromatic rings. The molecule has 0 saturated heterocycles. The molecule has 21 heavy (non-hydrogen) atoms. The maximum absolute atomic E-state index is 9.70. The van der Waals surface area contributed by atoms with Crippen LogP contribution in [0.5, 0.6) is 0 Å². The fourth-order valence-electron chi connectivity index (χ4n) is 2.80. The van der Waals surface area contributed by atoms with Crippen LogP contribution in [-0.4, -0.2) is 28.5 Å². The van der Waals surface area contributed by atoms with E-state index in [4.69, 9.17) is 4.42 Å². The quantitative estimate of drug-likeness (QED) is 0.750. The van der Waals surface area contributed by atoms with Gasteiger partial charge in [0.15, 0.2) is 0 Å². The Bertz CT molecular complexity index is 449. The highest BCUT2D eigenvalue weighted by Gasteiger charge is 2.24. The van der Waals surface area contributed by atoms with E-state index in [9.17, 15) is 10.2 Å². The molecule has 1 heterocycles. The van der Waals surface area contributed by atoms with Crippen molar-refractivity contribution in [2.45, 2.75) is 83.6 Å². The van der Waals surface area contributed by atoms with Crippen molar-refractivity contribution in [1.82, 2.24) is 5.32 Å². The lowest BCUT2D eigenvalue weighted by Crippen LogP contribution is -2.28. The number of nitrogens with one attached hydrogen (secondary N) is 1. The van der Waals surface area contributed by atoms with E-state index in [-0.39, 0.29) is 5.41 Å². The summed E-state index contributed by atoms with van der Waals surface area (Å²) in [6.07, 6.45) is 2.00. The van der Waals surface area contributed by atoms with Crippen molar-refractivity contribution in [3.05, 3.63) is 23.2 Å². The summed E-state index contributed by atoms with van der Waals surface area (Å²) in [4.78, 5) is 0. The predicted octanol–water partition coefficient (Wildman–Crippen LogP) is 2.64. The van der Waals surface area contributed by atoms with Crippen LogP contribution in [0.25, 0.3) is 0 Å². The molecule has 3 atom stereocenters. The third-order valence-electron chi connectivity index (χ3n) is 4.41. The van der Waals surface area contributed by atoms with Crippen LogP contribution in [0.3, 0.4) is 0 Å². The highest BCUT2D eigenvalue weighted by atomic mass is 16.3. The lowest BCUT2D eigenvalue weighted by atomic mass is 9.93. The van der Waals surface area contributed by atoms with Gasteiger partial charge in [0.05, 0.1) is 12.2 Å². The molecule has 2 rings (SSSR count). The van der Waals surface area contributed by atoms with Gasteiger partial charge in [0.2, 0.25) is 0 Å². The second-order valence-electron chi connectivity index (χ2n) is 7.31. The summed E-state index contributed by atoms with van der Waals surface area (Å²) in [6, 6.07) is 2.49. The number of aryl methyl sites for hydroxylation is 1. The Morgan fingerprint density at radius 2 is 1.71 bits per heavy atom. The minimum absolute atomic E-state index is 0.0273. The summed E-state index contributed by atoms with van der Waals surface area (Å²) >= 11 is 0. The van der Waals surface area contributed by atoms with Gasteiger partial charge in [0.1, 0.15) is 11.5 Å². The molecule has 1 aliphatic carbocycles. The third-order valence-corrected chi connectivity index (χ3v) is 4.41. The Balaban J connectivity index is 1.93. The summed E-state index contributed by atoms with van der Waals surface area (Å²) in [5.74, 6) is 1.99. The summed E-state index contributed by atoms with van der Waals surface area (Å²) < 4.78 is 5.86. The van der Waals surface area contributed by atoms with E-state index in [2.05, 4.69) is 32.2 Å². The van der Waals surface area contributed by atoms with Crippen molar-refractivity contribution in [3.8, 4) is 0 Å². The van der Waals surface area contributed by atoms with E-state index >= 15 is 0 Å². The minimum atomic E-state index is -0.569.